The number of hydrogen-bond donors (Lipinski definition) is 1. The van der Waals surface area contributed by atoms with Crippen molar-refractivity contribution in [1.29, 1.82) is 0 Å². The second kappa shape index (κ2) is 6.11. The Balaban J connectivity index is 2.10. The first kappa shape index (κ1) is 17.9. The predicted octanol–water partition coefficient (Wildman–Crippen LogP) is 4.44. The summed E-state index contributed by atoms with van der Waals surface area (Å²) in [6, 6.07) is 10.3. The van der Waals surface area contributed by atoms with Crippen molar-refractivity contribution in [1.82, 2.24) is 4.98 Å². The molecule has 0 amide bonds. The number of benzene rings is 1. The molecule has 25 heavy (non-hydrogen) atoms. The van der Waals surface area contributed by atoms with Gasteiger partial charge in [0.15, 0.2) is 0 Å². The highest BCUT2D eigenvalue weighted by Gasteiger charge is 2.38. The lowest BCUT2D eigenvalue weighted by atomic mass is 9.93. The zero-order valence-electron chi connectivity index (χ0n) is 15.9. The largest absolute Gasteiger partial charge is 0.460 e. The van der Waals surface area contributed by atoms with Gasteiger partial charge in [0.2, 0.25) is 6.29 Å². The molecule has 2 aromatic rings. The van der Waals surface area contributed by atoms with E-state index >= 15 is 0 Å². The molecule has 0 radical (unpaired) electrons. The molecule has 0 aliphatic carbocycles. The monoisotopic (exact) mass is 353 g/mol. The summed E-state index contributed by atoms with van der Waals surface area (Å²) < 4.78 is 5.92. The van der Waals surface area contributed by atoms with E-state index in [4.69, 9.17) is 4.74 Å². The zero-order chi connectivity index (χ0) is 18.4. The average Bonchev–Trinajstić information content (AvgIpc) is 2.54. The van der Waals surface area contributed by atoms with E-state index < -0.39 is 14.4 Å². The van der Waals surface area contributed by atoms with Crippen LogP contribution in [0.5, 0.6) is 5.75 Å². The first-order valence-electron chi connectivity index (χ1n) is 8.74. The molecule has 0 saturated carbocycles. The first-order valence-corrected chi connectivity index (χ1v) is 11.7. The molecule has 4 heteroatoms. The number of aromatic nitrogens is 1. The van der Waals surface area contributed by atoms with E-state index in [0.29, 0.717) is 0 Å². The van der Waals surface area contributed by atoms with E-state index in [9.17, 15) is 5.11 Å². The van der Waals surface area contributed by atoms with Crippen LogP contribution in [-0.2, 0) is 0 Å². The Morgan fingerprint density at radius 1 is 1.08 bits per heavy atom. The van der Waals surface area contributed by atoms with Gasteiger partial charge in [-0.3, -0.25) is 4.98 Å². The maximum Gasteiger partial charge on any atom is 0.225 e. The third-order valence-corrected chi connectivity index (χ3v) is 11.4. The molecule has 3 nitrogen and oxygen atoms in total. The Bertz CT molecular complexity index is 820. The number of aliphatic hydroxyl groups excluding tert-OH is 1. The van der Waals surface area contributed by atoms with E-state index in [1.165, 1.54) is 5.19 Å². The number of allylic oxidation sites excluding steroid dienone is 1. The molecule has 0 saturated heterocycles. The van der Waals surface area contributed by atoms with Gasteiger partial charge in [0.05, 0.1) is 8.07 Å². The summed E-state index contributed by atoms with van der Waals surface area (Å²) in [6.07, 6.45) is 2.51. The summed E-state index contributed by atoms with van der Waals surface area (Å²) in [4.78, 5) is 4.06. The van der Waals surface area contributed by atoms with Gasteiger partial charge in [-0.2, -0.15) is 0 Å². The summed E-state index contributed by atoms with van der Waals surface area (Å²) >= 11 is 0. The van der Waals surface area contributed by atoms with Gasteiger partial charge in [-0.15, -0.1) is 0 Å². The summed E-state index contributed by atoms with van der Waals surface area (Å²) in [6.45, 7) is 13.7. The quantitative estimate of drug-likeness (QED) is 0.812. The van der Waals surface area contributed by atoms with Crippen molar-refractivity contribution in [2.45, 2.75) is 52.1 Å². The lowest BCUT2D eigenvalue weighted by molar-refractivity contribution is 0.0315. The van der Waals surface area contributed by atoms with Crippen LogP contribution in [0.25, 0.3) is 11.1 Å². The molecule has 1 aliphatic rings. The van der Waals surface area contributed by atoms with Crippen molar-refractivity contribution in [2.24, 2.45) is 0 Å². The normalized spacial score (nSPS) is 18.0. The molecule has 3 rings (SSSR count). The fourth-order valence-electron chi connectivity index (χ4n) is 3.15. The molecule has 0 fully saturated rings. The molecule has 1 N–H and O–H groups in total. The van der Waals surface area contributed by atoms with Crippen molar-refractivity contribution in [3.8, 4) is 5.75 Å². The zero-order valence-corrected chi connectivity index (χ0v) is 16.9. The Morgan fingerprint density at radius 2 is 1.72 bits per heavy atom. The minimum absolute atomic E-state index is 0.252. The van der Waals surface area contributed by atoms with Crippen LogP contribution in [0.2, 0.25) is 18.1 Å². The molecule has 0 bridgehead atoms. The average molecular weight is 354 g/mol. The third kappa shape index (κ3) is 3.05. The number of ether oxygens (including phenoxy) is 1. The van der Waals surface area contributed by atoms with Crippen molar-refractivity contribution < 1.29 is 9.84 Å². The molecule has 1 aliphatic heterocycles. The molecule has 1 aromatic carbocycles. The molecule has 1 unspecified atom stereocenters. The lowest BCUT2D eigenvalue weighted by Crippen LogP contribution is -2.49. The highest BCUT2D eigenvalue weighted by Crippen LogP contribution is 2.41. The Labute approximate surface area is 151 Å². The van der Waals surface area contributed by atoms with Crippen molar-refractivity contribution >= 4 is 24.4 Å². The number of fused-ring (bicyclic) bond motifs is 1. The van der Waals surface area contributed by atoms with Crippen LogP contribution in [0, 0.1) is 0 Å². The molecule has 1 aromatic heterocycles. The SMILES string of the molecule is CC1=C(c2ccncc2)C(O)Oc2cc([Si](C)(C)C(C)(C)C)ccc21. The second-order valence-electron chi connectivity index (χ2n) is 8.33. The van der Waals surface area contributed by atoms with E-state index in [0.717, 1.165) is 28.0 Å². The van der Waals surface area contributed by atoms with Crippen LogP contribution in [0.1, 0.15) is 38.8 Å². The molecule has 0 spiro atoms. The maximum atomic E-state index is 10.6. The van der Waals surface area contributed by atoms with Gasteiger partial charge in [0.1, 0.15) is 5.75 Å². The van der Waals surface area contributed by atoms with Gasteiger partial charge >= 0.3 is 0 Å². The van der Waals surface area contributed by atoms with Gasteiger partial charge in [-0.25, -0.2) is 0 Å². The summed E-state index contributed by atoms with van der Waals surface area (Å²) in [5.41, 5.74) is 3.87. The van der Waals surface area contributed by atoms with Gasteiger partial charge in [0, 0.05) is 23.5 Å². The molecular formula is C21H27NO2Si. The molecule has 1 atom stereocenters. The fourth-order valence-corrected chi connectivity index (χ4v) is 5.01. The van der Waals surface area contributed by atoms with Crippen molar-refractivity contribution in [3.05, 3.63) is 53.9 Å². The van der Waals surface area contributed by atoms with Gasteiger partial charge in [-0.05, 0) is 41.3 Å². The highest BCUT2D eigenvalue weighted by atomic mass is 28.3. The number of aliphatic hydroxyl groups is 1. The topological polar surface area (TPSA) is 42.4 Å². The lowest BCUT2D eigenvalue weighted by Gasteiger charge is -2.38. The van der Waals surface area contributed by atoms with E-state index in [2.05, 4.69) is 57.0 Å². The number of rotatable bonds is 2. The summed E-state index contributed by atoms with van der Waals surface area (Å²) in [5, 5.41) is 12.2. The maximum absolute atomic E-state index is 10.6. The predicted molar refractivity (Wildman–Crippen MR) is 107 cm³/mol. The van der Waals surface area contributed by atoms with Crippen LogP contribution in [-0.4, -0.2) is 24.5 Å². The van der Waals surface area contributed by atoms with Crippen LogP contribution in [0.4, 0.5) is 0 Å². The van der Waals surface area contributed by atoms with Crippen LogP contribution < -0.4 is 9.92 Å². The second-order valence-corrected chi connectivity index (χ2v) is 13.7. The Morgan fingerprint density at radius 3 is 2.32 bits per heavy atom. The summed E-state index contributed by atoms with van der Waals surface area (Å²) in [5.74, 6) is 0.783. The minimum atomic E-state index is -1.65. The number of hydrogen-bond acceptors (Lipinski definition) is 3. The van der Waals surface area contributed by atoms with Crippen LogP contribution in [0.15, 0.2) is 42.7 Å². The minimum Gasteiger partial charge on any atom is -0.460 e. The van der Waals surface area contributed by atoms with Gasteiger partial charge < -0.3 is 9.84 Å². The number of nitrogens with zero attached hydrogens (tertiary/aromatic N) is 1. The molecule has 132 valence electrons. The first-order chi connectivity index (χ1) is 11.6. The van der Waals surface area contributed by atoms with Gasteiger partial charge in [-0.1, -0.05) is 51.2 Å². The van der Waals surface area contributed by atoms with E-state index in [1.807, 2.05) is 19.1 Å². The highest BCUT2D eigenvalue weighted by molar-refractivity contribution is 6.92. The van der Waals surface area contributed by atoms with Crippen LogP contribution >= 0.6 is 0 Å². The Kier molecular flexibility index (Phi) is 4.37. The molecular weight excluding hydrogens is 326 g/mol. The van der Waals surface area contributed by atoms with E-state index in [1.54, 1.807) is 12.4 Å². The third-order valence-electron chi connectivity index (χ3n) is 5.86. The van der Waals surface area contributed by atoms with Crippen LogP contribution in [0.3, 0.4) is 0 Å². The van der Waals surface area contributed by atoms with Gasteiger partial charge in [0.25, 0.3) is 0 Å². The van der Waals surface area contributed by atoms with Crippen molar-refractivity contribution in [2.75, 3.05) is 0 Å². The fraction of sp³-hybridized carbons (Fsp3) is 0.381. The van der Waals surface area contributed by atoms with E-state index in [-0.39, 0.29) is 5.04 Å². The summed E-state index contributed by atoms with van der Waals surface area (Å²) in [7, 11) is -1.65. The van der Waals surface area contributed by atoms with Crippen molar-refractivity contribution in [3.63, 3.8) is 0 Å². The molecule has 2 heterocycles. The Hall–Kier alpha value is -1.91. The smallest absolute Gasteiger partial charge is 0.225 e. The number of pyridine rings is 1. The standard InChI is InChI=1S/C21H27NO2Si/c1-14-17-8-7-16(25(5,6)21(2,3)4)13-18(17)24-20(23)19(14)15-9-11-22-12-10-15/h7-13,20,23H,1-6H3.